The van der Waals surface area contributed by atoms with E-state index >= 15 is 0 Å². The molecule has 0 saturated carbocycles. The lowest BCUT2D eigenvalue weighted by Crippen LogP contribution is -2.15. The second-order valence-electron chi connectivity index (χ2n) is 4.93. The van der Waals surface area contributed by atoms with Gasteiger partial charge in [0, 0.05) is 0 Å². The van der Waals surface area contributed by atoms with Crippen LogP contribution in [0.3, 0.4) is 0 Å². The molecule has 2 nitrogen and oxygen atoms in total. The molecule has 0 radical (unpaired) electrons. The summed E-state index contributed by atoms with van der Waals surface area (Å²) in [5.74, 6) is 0. The van der Waals surface area contributed by atoms with Crippen LogP contribution in [0.5, 0.6) is 0 Å². The third-order valence-corrected chi connectivity index (χ3v) is 3.47. The third-order valence-electron chi connectivity index (χ3n) is 3.47. The minimum absolute atomic E-state index is 0.116. The maximum atomic E-state index is 5.88. The van der Waals surface area contributed by atoms with Gasteiger partial charge in [0.15, 0.2) is 0 Å². The fourth-order valence-electron chi connectivity index (χ4n) is 2.29. The molecule has 1 fully saturated rings. The molecule has 0 aliphatic carbocycles. The normalized spacial score (nSPS) is 23.0. The molecule has 98 valence electrons. The van der Waals surface area contributed by atoms with Crippen LogP contribution in [0.2, 0.25) is 0 Å². The van der Waals surface area contributed by atoms with Crippen molar-refractivity contribution in [3.8, 4) is 0 Å². The Hall–Kier alpha value is -1.64. The van der Waals surface area contributed by atoms with E-state index in [0.717, 1.165) is 0 Å². The predicted molar refractivity (Wildman–Crippen MR) is 74.7 cm³/mol. The fraction of sp³-hybridized carbons (Fsp3) is 0.294. The summed E-state index contributed by atoms with van der Waals surface area (Å²) in [7, 11) is 0. The molecule has 3 atom stereocenters. The molecular formula is C17H18O2. The van der Waals surface area contributed by atoms with Gasteiger partial charge in [0.25, 0.3) is 0 Å². The van der Waals surface area contributed by atoms with Crippen molar-refractivity contribution in [2.75, 3.05) is 0 Å². The zero-order valence-electron chi connectivity index (χ0n) is 11.0. The highest BCUT2D eigenvalue weighted by atomic mass is 16.6. The summed E-state index contributed by atoms with van der Waals surface area (Å²) in [6, 6.07) is 20.6. The number of ether oxygens (including phenoxy) is 2. The van der Waals surface area contributed by atoms with E-state index in [1.165, 1.54) is 11.1 Å². The number of benzene rings is 2. The minimum atomic E-state index is 0.116. The molecule has 0 N–H and O–H groups in total. The van der Waals surface area contributed by atoms with Crippen LogP contribution < -0.4 is 0 Å². The van der Waals surface area contributed by atoms with Crippen molar-refractivity contribution in [1.29, 1.82) is 0 Å². The van der Waals surface area contributed by atoms with Crippen molar-refractivity contribution in [3.05, 3.63) is 71.8 Å². The Balaban J connectivity index is 1.52. The van der Waals surface area contributed by atoms with E-state index in [4.69, 9.17) is 9.47 Å². The van der Waals surface area contributed by atoms with Crippen molar-refractivity contribution >= 4 is 0 Å². The first-order valence-corrected chi connectivity index (χ1v) is 6.70. The molecule has 1 saturated heterocycles. The van der Waals surface area contributed by atoms with Gasteiger partial charge in [-0.15, -0.1) is 0 Å². The van der Waals surface area contributed by atoms with Gasteiger partial charge in [-0.2, -0.15) is 0 Å². The number of hydrogen-bond donors (Lipinski definition) is 0. The lowest BCUT2D eigenvalue weighted by atomic mass is 10.1. The van der Waals surface area contributed by atoms with Crippen LogP contribution in [-0.2, 0) is 16.1 Å². The first-order chi connectivity index (χ1) is 9.34. The molecule has 0 bridgehead atoms. The summed E-state index contributed by atoms with van der Waals surface area (Å²) < 4.78 is 11.6. The summed E-state index contributed by atoms with van der Waals surface area (Å²) in [5, 5.41) is 0. The Bertz CT molecular complexity index is 509. The minimum Gasteiger partial charge on any atom is -0.371 e. The van der Waals surface area contributed by atoms with Gasteiger partial charge in [0.2, 0.25) is 0 Å². The van der Waals surface area contributed by atoms with Crippen molar-refractivity contribution in [3.63, 3.8) is 0 Å². The van der Waals surface area contributed by atoms with Crippen LogP contribution in [0.15, 0.2) is 60.7 Å². The largest absolute Gasteiger partial charge is 0.371 e. The first kappa shape index (κ1) is 12.4. The van der Waals surface area contributed by atoms with Crippen molar-refractivity contribution in [1.82, 2.24) is 0 Å². The Labute approximate surface area is 114 Å². The molecule has 2 heteroatoms. The van der Waals surface area contributed by atoms with Crippen LogP contribution in [0.25, 0.3) is 0 Å². The number of rotatable bonds is 5. The van der Waals surface area contributed by atoms with E-state index in [0.29, 0.717) is 6.61 Å². The Morgan fingerprint density at radius 3 is 2.32 bits per heavy atom. The number of hydrogen-bond acceptors (Lipinski definition) is 2. The molecule has 3 rings (SSSR count). The topological polar surface area (TPSA) is 21.8 Å². The molecule has 1 unspecified atom stereocenters. The lowest BCUT2D eigenvalue weighted by molar-refractivity contribution is 0.0340. The SMILES string of the molecule is CC(OCc1ccccc1)[C@H]1O[C@@H]1c1ccccc1. The fourth-order valence-corrected chi connectivity index (χ4v) is 2.29. The summed E-state index contributed by atoms with van der Waals surface area (Å²) in [6.45, 7) is 2.72. The molecular weight excluding hydrogens is 236 g/mol. The van der Waals surface area contributed by atoms with Crippen LogP contribution in [-0.4, -0.2) is 12.2 Å². The quantitative estimate of drug-likeness (QED) is 0.758. The van der Waals surface area contributed by atoms with Crippen molar-refractivity contribution in [2.45, 2.75) is 31.8 Å². The summed E-state index contributed by atoms with van der Waals surface area (Å²) in [4.78, 5) is 0. The summed E-state index contributed by atoms with van der Waals surface area (Å²) >= 11 is 0. The van der Waals surface area contributed by atoms with E-state index < -0.39 is 0 Å². The van der Waals surface area contributed by atoms with E-state index in [9.17, 15) is 0 Å². The smallest absolute Gasteiger partial charge is 0.115 e. The standard InChI is InChI=1S/C17H18O2/c1-13(18-12-14-8-4-2-5-9-14)16-17(19-16)15-10-6-3-7-11-15/h2-11,13,16-17H,12H2,1H3/t13?,16-,17-/m1/s1. The molecule has 2 aromatic rings. The Morgan fingerprint density at radius 2 is 1.63 bits per heavy atom. The molecule has 1 aliphatic rings. The summed E-state index contributed by atoms with van der Waals surface area (Å²) in [6.07, 6.45) is 0.503. The second-order valence-corrected chi connectivity index (χ2v) is 4.93. The van der Waals surface area contributed by atoms with E-state index in [1.54, 1.807) is 0 Å². The second kappa shape index (κ2) is 5.55. The highest BCUT2D eigenvalue weighted by molar-refractivity contribution is 5.23. The van der Waals surface area contributed by atoms with Gasteiger partial charge >= 0.3 is 0 Å². The predicted octanol–water partition coefficient (Wildman–Crippen LogP) is 3.73. The monoisotopic (exact) mass is 254 g/mol. The van der Waals surface area contributed by atoms with Crippen LogP contribution in [0, 0.1) is 0 Å². The highest BCUT2D eigenvalue weighted by Gasteiger charge is 2.44. The van der Waals surface area contributed by atoms with E-state index in [-0.39, 0.29) is 18.3 Å². The van der Waals surface area contributed by atoms with Gasteiger partial charge in [-0.05, 0) is 18.1 Å². The Morgan fingerprint density at radius 1 is 1.00 bits per heavy atom. The molecule has 2 aromatic carbocycles. The molecule has 1 heterocycles. The van der Waals surface area contributed by atoms with Gasteiger partial charge in [0.05, 0.1) is 12.7 Å². The zero-order chi connectivity index (χ0) is 13.1. The molecule has 0 aromatic heterocycles. The average Bonchev–Trinajstić information content (AvgIpc) is 3.27. The van der Waals surface area contributed by atoms with Gasteiger partial charge in [-0.3, -0.25) is 0 Å². The van der Waals surface area contributed by atoms with Gasteiger partial charge < -0.3 is 9.47 Å². The average molecular weight is 254 g/mol. The van der Waals surface area contributed by atoms with Gasteiger partial charge in [-0.1, -0.05) is 60.7 Å². The maximum Gasteiger partial charge on any atom is 0.115 e. The van der Waals surface area contributed by atoms with E-state index in [1.807, 2.05) is 36.4 Å². The van der Waals surface area contributed by atoms with Crippen LogP contribution in [0.4, 0.5) is 0 Å². The van der Waals surface area contributed by atoms with Crippen molar-refractivity contribution < 1.29 is 9.47 Å². The maximum absolute atomic E-state index is 5.88. The molecule has 19 heavy (non-hydrogen) atoms. The van der Waals surface area contributed by atoms with Gasteiger partial charge in [-0.25, -0.2) is 0 Å². The van der Waals surface area contributed by atoms with Crippen LogP contribution >= 0.6 is 0 Å². The Kier molecular flexibility index (Phi) is 3.62. The molecule has 0 amide bonds. The molecule has 1 aliphatic heterocycles. The third kappa shape index (κ3) is 3.03. The highest BCUT2D eigenvalue weighted by Crippen LogP contribution is 2.41. The first-order valence-electron chi connectivity index (χ1n) is 6.70. The zero-order valence-corrected chi connectivity index (χ0v) is 11.0. The van der Waals surface area contributed by atoms with Crippen molar-refractivity contribution in [2.24, 2.45) is 0 Å². The van der Waals surface area contributed by atoms with Crippen LogP contribution in [0.1, 0.15) is 24.2 Å². The lowest BCUT2D eigenvalue weighted by Gasteiger charge is -2.10. The van der Waals surface area contributed by atoms with Gasteiger partial charge in [0.1, 0.15) is 12.2 Å². The van der Waals surface area contributed by atoms with E-state index in [2.05, 4.69) is 31.2 Å². The summed E-state index contributed by atoms with van der Waals surface area (Å²) in [5.41, 5.74) is 2.44. The number of epoxide rings is 1. The molecule has 0 spiro atoms.